The van der Waals surface area contributed by atoms with E-state index in [4.69, 9.17) is 9.52 Å². The van der Waals surface area contributed by atoms with Crippen molar-refractivity contribution >= 4 is 26.0 Å². The summed E-state index contributed by atoms with van der Waals surface area (Å²) in [5, 5.41) is 8.99. The fourth-order valence-corrected chi connectivity index (χ4v) is 4.57. The van der Waals surface area contributed by atoms with Gasteiger partial charge in [0.25, 0.3) is 0 Å². The molecule has 21 heavy (non-hydrogen) atoms. The van der Waals surface area contributed by atoms with E-state index < -0.39 is 10.0 Å². The molecule has 0 saturated carbocycles. The van der Waals surface area contributed by atoms with E-state index in [1.165, 1.54) is 6.07 Å². The lowest BCUT2D eigenvalue weighted by molar-refractivity contribution is 0.245. The van der Waals surface area contributed by atoms with Gasteiger partial charge in [-0.3, -0.25) is 0 Å². The molecule has 2 N–H and O–H groups in total. The Labute approximate surface area is 133 Å². The smallest absolute Gasteiger partial charge is 0.244 e. The zero-order chi connectivity index (χ0) is 15.6. The van der Waals surface area contributed by atoms with Crippen LogP contribution in [-0.2, 0) is 16.6 Å². The van der Waals surface area contributed by atoms with Crippen molar-refractivity contribution in [2.45, 2.75) is 37.8 Å². The molecule has 0 aromatic carbocycles. The molecule has 1 aromatic heterocycles. The molecule has 1 fully saturated rings. The van der Waals surface area contributed by atoms with E-state index in [9.17, 15) is 8.42 Å². The van der Waals surface area contributed by atoms with E-state index in [1.54, 1.807) is 0 Å². The van der Waals surface area contributed by atoms with Crippen LogP contribution in [0.25, 0.3) is 0 Å². The highest BCUT2D eigenvalue weighted by Crippen LogP contribution is 2.26. The van der Waals surface area contributed by atoms with E-state index >= 15 is 0 Å². The highest BCUT2D eigenvalue weighted by Gasteiger charge is 2.27. The third-order valence-electron chi connectivity index (χ3n) is 3.76. The van der Waals surface area contributed by atoms with Crippen molar-refractivity contribution in [3.05, 3.63) is 16.5 Å². The molecular formula is C13H21BrN2O4S. The number of furan rings is 1. The van der Waals surface area contributed by atoms with Gasteiger partial charge >= 0.3 is 0 Å². The standard InChI is InChI=1S/C13H21BrN2O4S/c1-9(2)16-4-3-10(7-16)6-15-21(18,19)12-5-11(8-17)20-13(12)14/h5,9-10,15,17H,3-4,6-8H2,1-2H3. The number of nitrogens with zero attached hydrogens (tertiary/aromatic N) is 1. The maximum Gasteiger partial charge on any atom is 0.244 e. The Balaban J connectivity index is 1.97. The van der Waals surface area contributed by atoms with Gasteiger partial charge < -0.3 is 14.4 Å². The average Bonchev–Trinajstić information content (AvgIpc) is 3.03. The summed E-state index contributed by atoms with van der Waals surface area (Å²) < 4.78 is 32.4. The topological polar surface area (TPSA) is 82.8 Å². The van der Waals surface area contributed by atoms with Crippen LogP contribution in [0.1, 0.15) is 26.0 Å². The minimum absolute atomic E-state index is 0.0327. The van der Waals surface area contributed by atoms with Crippen LogP contribution in [0.15, 0.2) is 20.0 Å². The van der Waals surface area contributed by atoms with E-state index in [0.717, 1.165) is 19.5 Å². The first-order valence-electron chi connectivity index (χ1n) is 6.96. The molecule has 1 aliphatic rings. The van der Waals surface area contributed by atoms with Gasteiger partial charge in [-0.1, -0.05) is 0 Å². The molecule has 0 amide bonds. The van der Waals surface area contributed by atoms with Crippen LogP contribution in [0.4, 0.5) is 0 Å². The highest BCUT2D eigenvalue weighted by atomic mass is 79.9. The Bertz CT molecular complexity index is 585. The second-order valence-corrected chi connectivity index (χ2v) is 8.06. The minimum atomic E-state index is -3.63. The number of rotatable bonds is 6. The lowest BCUT2D eigenvalue weighted by Crippen LogP contribution is -2.33. The SMILES string of the molecule is CC(C)N1CCC(CNS(=O)(=O)c2cc(CO)oc2Br)C1. The van der Waals surface area contributed by atoms with E-state index in [-0.39, 0.29) is 21.9 Å². The van der Waals surface area contributed by atoms with Crippen molar-refractivity contribution in [3.63, 3.8) is 0 Å². The maximum absolute atomic E-state index is 12.3. The molecule has 1 atom stereocenters. The molecule has 1 aromatic rings. The predicted molar refractivity (Wildman–Crippen MR) is 82.3 cm³/mol. The molecule has 0 spiro atoms. The normalized spacial score (nSPS) is 20.5. The van der Waals surface area contributed by atoms with Gasteiger partial charge in [0, 0.05) is 25.2 Å². The van der Waals surface area contributed by atoms with Gasteiger partial charge in [-0.05, 0) is 48.7 Å². The Hall–Kier alpha value is -0.410. The van der Waals surface area contributed by atoms with Crippen molar-refractivity contribution in [1.82, 2.24) is 9.62 Å². The summed E-state index contributed by atoms with van der Waals surface area (Å²) in [4.78, 5) is 2.38. The quantitative estimate of drug-likeness (QED) is 0.781. The van der Waals surface area contributed by atoms with Crippen LogP contribution >= 0.6 is 15.9 Å². The summed E-state index contributed by atoms with van der Waals surface area (Å²) in [7, 11) is -3.63. The summed E-state index contributed by atoms with van der Waals surface area (Å²) in [5.41, 5.74) is 0. The number of sulfonamides is 1. The Morgan fingerprint density at radius 3 is 2.81 bits per heavy atom. The number of hydrogen-bond donors (Lipinski definition) is 2. The van der Waals surface area contributed by atoms with Gasteiger partial charge in [-0.2, -0.15) is 0 Å². The fourth-order valence-electron chi connectivity index (χ4n) is 2.46. The molecule has 1 saturated heterocycles. The second-order valence-electron chi connectivity index (χ2n) is 5.60. The largest absolute Gasteiger partial charge is 0.450 e. The first-order valence-corrected chi connectivity index (χ1v) is 9.24. The van der Waals surface area contributed by atoms with Crippen LogP contribution in [0.3, 0.4) is 0 Å². The predicted octanol–water partition coefficient (Wildman–Crippen LogP) is 1.54. The zero-order valence-corrected chi connectivity index (χ0v) is 14.6. The lowest BCUT2D eigenvalue weighted by Gasteiger charge is -2.20. The van der Waals surface area contributed by atoms with Crippen molar-refractivity contribution in [2.24, 2.45) is 5.92 Å². The van der Waals surface area contributed by atoms with E-state index in [2.05, 4.69) is 39.4 Å². The van der Waals surface area contributed by atoms with Gasteiger partial charge in [-0.15, -0.1) is 0 Å². The third kappa shape index (κ3) is 4.07. The lowest BCUT2D eigenvalue weighted by atomic mass is 10.1. The van der Waals surface area contributed by atoms with Crippen LogP contribution in [-0.4, -0.2) is 44.1 Å². The molecule has 2 rings (SSSR count). The van der Waals surface area contributed by atoms with Crippen LogP contribution in [0.5, 0.6) is 0 Å². The number of aliphatic hydroxyl groups is 1. The van der Waals surface area contributed by atoms with Gasteiger partial charge in [0.1, 0.15) is 17.3 Å². The van der Waals surface area contributed by atoms with Gasteiger partial charge in [0.15, 0.2) is 4.67 Å². The zero-order valence-electron chi connectivity index (χ0n) is 12.2. The first kappa shape index (κ1) is 17.0. The Kier molecular flexibility index (Phi) is 5.48. The summed E-state index contributed by atoms with van der Waals surface area (Å²) in [6.07, 6.45) is 0.995. The van der Waals surface area contributed by atoms with Gasteiger partial charge in [-0.25, -0.2) is 13.1 Å². The number of aliphatic hydroxyl groups excluding tert-OH is 1. The van der Waals surface area contributed by atoms with Crippen molar-refractivity contribution in [3.8, 4) is 0 Å². The summed E-state index contributed by atoms with van der Waals surface area (Å²) in [6.45, 7) is 6.29. The number of nitrogens with one attached hydrogen (secondary N) is 1. The van der Waals surface area contributed by atoms with Crippen LogP contribution in [0.2, 0.25) is 0 Å². The molecule has 0 radical (unpaired) electrons. The van der Waals surface area contributed by atoms with Crippen molar-refractivity contribution in [1.29, 1.82) is 0 Å². The minimum Gasteiger partial charge on any atom is -0.450 e. The van der Waals surface area contributed by atoms with Crippen LogP contribution in [0, 0.1) is 5.92 Å². The summed E-state index contributed by atoms with van der Waals surface area (Å²) >= 11 is 3.07. The van der Waals surface area contributed by atoms with Crippen molar-refractivity contribution in [2.75, 3.05) is 19.6 Å². The molecule has 6 nitrogen and oxygen atoms in total. The van der Waals surface area contributed by atoms with Gasteiger partial charge in [0.2, 0.25) is 10.0 Å². The molecular weight excluding hydrogens is 360 g/mol. The monoisotopic (exact) mass is 380 g/mol. The molecule has 0 aliphatic carbocycles. The molecule has 1 unspecified atom stereocenters. The van der Waals surface area contributed by atoms with E-state index in [0.29, 0.717) is 18.5 Å². The first-order chi connectivity index (χ1) is 9.83. The molecule has 8 heteroatoms. The fraction of sp³-hybridized carbons (Fsp3) is 0.692. The Morgan fingerprint density at radius 2 is 2.29 bits per heavy atom. The molecule has 120 valence electrons. The van der Waals surface area contributed by atoms with Crippen LogP contribution < -0.4 is 4.72 Å². The molecule has 2 heterocycles. The summed E-state index contributed by atoms with van der Waals surface area (Å²) in [6, 6.07) is 1.82. The van der Waals surface area contributed by atoms with E-state index in [1.807, 2.05) is 0 Å². The maximum atomic E-state index is 12.3. The number of hydrogen-bond acceptors (Lipinski definition) is 5. The number of halogens is 1. The second kappa shape index (κ2) is 6.78. The highest BCUT2D eigenvalue weighted by molar-refractivity contribution is 9.10. The molecule has 0 bridgehead atoms. The average molecular weight is 381 g/mol. The van der Waals surface area contributed by atoms with Gasteiger partial charge in [0.05, 0.1) is 0 Å². The summed E-state index contributed by atoms with van der Waals surface area (Å²) in [5.74, 6) is 0.541. The third-order valence-corrected chi connectivity index (χ3v) is 6.04. The Morgan fingerprint density at radius 1 is 1.57 bits per heavy atom. The number of likely N-dealkylation sites (tertiary alicyclic amines) is 1. The van der Waals surface area contributed by atoms with Crippen molar-refractivity contribution < 1.29 is 17.9 Å². The molecule has 1 aliphatic heterocycles.